The van der Waals surface area contributed by atoms with Gasteiger partial charge in [0.15, 0.2) is 9.84 Å². The highest BCUT2D eigenvalue weighted by molar-refractivity contribution is 7.91. The minimum absolute atomic E-state index is 0.0810. The van der Waals surface area contributed by atoms with Crippen molar-refractivity contribution in [2.45, 2.75) is 24.7 Å². The van der Waals surface area contributed by atoms with E-state index >= 15 is 0 Å². The summed E-state index contributed by atoms with van der Waals surface area (Å²) in [5.41, 5.74) is 0.245. The van der Waals surface area contributed by atoms with Crippen LogP contribution in [0.3, 0.4) is 0 Å². The van der Waals surface area contributed by atoms with E-state index in [4.69, 9.17) is 16.3 Å². The molecule has 1 aromatic heterocycles. The van der Waals surface area contributed by atoms with Crippen LogP contribution in [0.5, 0.6) is 11.6 Å². The van der Waals surface area contributed by atoms with E-state index in [1.165, 1.54) is 0 Å². The summed E-state index contributed by atoms with van der Waals surface area (Å²) in [6, 6.07) is 8.72. The van der Waals surface area contributed by atoms with Crippen molar-refractivity contribution in [2.75, 3.05) is 23.7 Å². The number of sulfone groups is 1. The molecule has 0 bridgehead atoms. The predicted molar refractivity (Wildman–Crippen MR) is 94.9 cm³/mol. The molecule has 0 spiro atoms. The Morgan fingerprint density at radius 2 is 2.04 bits per heavy atom. The van der Waals surface area contributed by atoms with Gasteiger partial charge in [-0.1, -0.05) is 43.1 Å². The van der Waals surface area contributed by atoms with Crippen LogP contribution >= 0.6 is 11.6 Å². The van der Waals surface area contributed by atoms with Crippen LogP contribution in [-0.4, -0.2) is 32.2 Å². The van der Waals surface area contributed by atoms with E-state index in [1.807, 2.05) is 17.9 Å². The largest absolute Gasteiger partial charge is 0.437 e. The number of pyridine rings is 1. The van der Waals surface area contributed by atoms with E-state index in [-0.39, 0.29) is 22.2 Å². The molecule has 0 aliphatic carbocycles. The van der Waals surface area contributed by atoms with Gasteiger partial charge in [0, 0.05) is 13.1 Å². The van der Waals surface area contributed by atoms with Crippen molar-refractivity contribution in [3.8, 4) is 11.6 Å². The molecule has 0 N–H and O–H groups in total. The maximum absolute atomic E-state index is 14.2. The lowest BCUT2D eigenvalue weighted by molar-refractivity contribution is 0.439. The molecule has 134 valence electrons. The fourth-order valence-electron chi connectivity index (χ4n) is 2.74. The molecule has 5 nitrogen and oxygen atoms in total. The van der Waals surface area contributed by atoms with Crippen LogP contribution in [0.2, 0.25) is 5.02 Å². The van der Waals surface area contributed by atoms with E-state index < -0.39 is 20.8 Å². The predicted octanol–water partition coefficient (Wildman–Crippen LogP) is 4.06. The second-order valence-electron chi connectivity index (χ2n) is 5.77. The van der Waals surface area contributed by atoms with Gasteiger partial charge in [0.1, 0.15) is 21.4 Å². The summed E-state index contributed by atoms with van der Waals surface area (Å²) < 4.78 is 44.9. The molecule has 0 saturated carbocycles. The normalized spacial score (nSPS) is 15.7. The van der Waals surface area contributed by atoms with Crippen molar-refractivity contribution >= 4 is 27.1 Å². The molecule has 0 radical (unpaired) electrons. The zero-order chi connectivity index (χ0) is 18.0. The first-order valence-corrected chi connectivity index (χ1v) is 10.1. The summed E-state index contributed by atoms with van der Waals surface area (Å²) in [5.74, 6) is -0.801. The third-order valence-corrected chi connectivity index (χ3v) is 6.19. The number of ether oxygens (including phenoxy) is 1. The first-order valence-electron chi connectivity index (χ1n) is 8.03. The van der Waals surface area contributed by atoms with Crippen molar-refractivity contribution in [3.63, 3.8) is 0 Å². The second-order valence-corrected chi connectivity index (χ2v) is 8.20. The Morgan fingerprint density at radius 1 is 1.32 bits per heavy atom. The van der Waals surface area contributed by atoms with E-state index in [0.29, 0.717) is 18.8 Å². The van der Waals surface area contributed by atoms with Crippen molar-refractivity contribution in [3.05, 3.63) is 41.3 Å². The van der Waals surface area contributed by atoms with E-state index in [1.54, 1.807) is 24.3 Å². The zero-order valence-corrected chi connectivity index (χ0v) is 15.3. The minimum atomic E-state index is -3.70. The number of rotatable bonds is 5. The smallest absolute Gasteiger partial charge is 0.247 e. The number of para-hydroxylation sites is 1. The Bertz CT molecular complexity index is 875. The number of anilines is 1. The molecule has 0 amide bonds. The molecule has 2 aromatic rings. The summed E-state index contributed by atoms with van der Waals surface area (Å²) >= 11 is 5.97. The first kappa shape index (κ1) is 17.9. The standard InChI is InChI=1S/C17H18ClFN2O3S/c1-2-3-9-21-10-11-25(22,23)15-13(18)16(19)20-17(14(15)21)24-12-7-5-4-6-8-12/h4-8H,2-3,9-11H2,1H3. The highest BCUT2D eigenvalue weighted by atomic mass is 35.5. The van der Waals surface area contributed by atoms with Crippen LogP contribution in [-0.2, 0) is 9.84 Å². The van der Waals surface area contributed by atoms with Gasteiger partial charge in [-0.05, 0) is 18.6 Å². The second kappa shape index (κ2) is 7.17. The molecule has 8 heteroatoms. The number of unbranched alkanes of at least 4 members (excludes halogenated alkanes) is 1. The number of benzene rings is 1. The van der Waals surface area contributed by atoms with Gasteiger partial charge in [-0.2, -0.15) is 9.37 Å². The van der Waals surface area contributed by atoms with Crippen molar-refractivity contribution in [1.29, 1.82) is 0 Å². The SMILES string of the molecule is CCCCN1CCS(=O)(=O)c2c(Cl)c(F)nc(Oc3ccccc3)c21. The lowest BCUT2D eigenvalue weighted by Crippen LogP contribution is -2.37. The third kappa shape index (κ3) is 3.57. The molecule has 1 aliphatic heterocycles. The van der Waals surface area contributed by atoms with E-state index in [2.05, 4.69) is 4.98 Å². The number of hydrogen-bond donors (Lipinski definition) is 0. The van der Waals surface area contributed by atoms with Gasteiger partial charge < -0.3 is 9.64 Å². The Labute approximate surface area is 151 Å². The Kier molecular flexibility index (Phi) is 5.15. The molecular weight excluding hydrogens is 367 g/mol. The molecule has 0 atom stereocenters. The molecule has 1 aromatic carbocycles. The Hall–Kier alpha value is -1.86. The molecular formula is C17H18ClFN2O3S. The maximum Gasteiger partial charge on any atom is 0.247 e. The number of halogens is 2. The van der Waals surface area contributed by atoms with Crippen LogP contribution in [0, 0.1) is 5.95 Å². The van der Waals surface area contributed by atoms with Gasteiger partial charge in [-0.3, -0.25) is 0 Å². The average molecular weight is 385 g/mol. The zero-order valence-electron chi connectivity index (χ0n) is 13.7. The number of hydrogen-bond acceptors (Lipinski definition) is 5. The van der Waals surface area contributed by atoms with Gasteiger partial charge >= 0.3 is 0 Å². The minimum Gasteiger partial charge on any atom is -0.437 e. The van der Waals surface area contributed by atoms with Crippen LogP contribution < -0.4 is 9.64 Å². The topological polar surface area (TPSA) is 59.5 Å². The highest BCUT2D eigenvalue weighted by Crippen LogP contribution is 2.44. The quantitative estimate of drug-likeness (QED) is 0.727. The lowest BCUT2D eigenvalue weighted by atomic mass is 10.2. The van der Waals surface area contributed by atoms with Crippen LogP contribution in [0.4, 0.5) is 10.1 Å². The fraction of sp³-hybridized carbons (Fsp3) is 0.353. The van der Waals surface area contributed by atoms with Crippen molar-refractivity contribution in [2.24, 2.45) is 0 Å². The van der Waals surface area contributed by atoms with Gasteiger partial charge in [0.05, 0.1) is 5.75 Å². The number of aromatic nitrogens is 1. The molecule has 0 fully saturated rings. The van der Waals surface area contributed by atoms with E-state index in [0.717, 1.165) is 12.8 Å². The Morgan fingerprint density at radius 3 is 2.72 bits per heavy atom. The summed E-state index contributed by atoms with van der Waals surface area (Å²) in [7, 11) is -3.70. The van der Waals surface area contributed by atoms with Gasteiger partial charge in [0.2, 0.25) is 11.8 Å². The third-order valence-electron chi connectivity index (χ3n) is 3.99. The molecule has 1 aliphatic rings. The fourth-order valence-corrected chi connectivity index (χ4v) is 4.75. The van der Waals surface area contributed by atoms with Crippen LogP contribution in [0.1, 0.15) is 19.8 Å². The molecule has 25 heavy (non-hydrogen) atoms. The highest BCUT2D eigenvalue weighted by Gasteiger charge is 2.36. The van der Waals surface area contributed by atoms with Crippen LogP contribution in [0.15, 0.2) is 35.2 Å². The average Bonchev–Trinajstić information content (AvgIpc) is 2.58. The first-order chi connectivity index (χ1) is 11.9. The summed E-state index contributed by atoms with van der Waals surface area (Å²) in [4.78, 5) is 5.41. The molecule has 0 unspecified atom stereocenters. The van der Waals surface area contributed by atoms with E-state index in [9.17, 15) is 12.8 Å². The van der Waals surface area contributed by atoms with Crippen LogP contribution in [0.25, 0.3) is 0 Å². The lowest BCUT2D eigenvalue weighted by Gasteiger charge is -2.32. The molecule has 3 rings (SSSR count). The summed E-state index contributed by atoms with van der Waals surface area (Å²) in [5, 5.41) is -0.475. The van der Waals surface area contributed by atoms with Crippen molar-refractivity contribution < 1.29 is 17.5 Å². The number of fused-ring (bicyclic) bond motifs is 1. The Balaban J connectivity index is 2.17. The van der Waals surface area contributed by atoms with Gasteiger partial charge in [0.25, 0.3) is 0 Å². The van der Waals surface area contributed by atoms with Gasteiger partial charge in [-0.15, -0.1) is 0 Å². The monoisotopic (exact) mass is 384 g/mol. The van der Waals surface area contributed by atoms with Gasteiger partial charge in [-0.25, -0.2) is 8.42 Å². The summed E-state index contributed by atoms with van der Waals surface area (Å²) in [6.07, 6.45) is 1.80. The van der Waals surface area contributed by atoms with Crippen molar-refractivity contribution in [1.82, 2.24) is 4.98 Å². The summed E-state index contributed by atoms with van der Waals surface area (Å²) in [6.45, 7) is 2.96. The maximum atomic E-state index is 14.2. The molecule has 2 heterocycles. The molecule has 0 saturated heterocycles. The number of nitrogens with zero attached hydrogens (tertiary/aromatic N) is 2.